The summed E-state index contributed by atoms with van der Waals surface area (Å²) >= 11 is 0. The highest BCUT2D eigenvalue weighted by Crippen LogP contribution is 2.57. The van der Waals surface area contributed by atoms with Gasteiger partial charge in [0, 0.05) is 94.2 Å². The maximum absolute atomic E-state index is 14.6. The lowest BCUT2D eigenvalue weighted by atomic mass is 9.93. The third kappa shape index (κ3) is 23.0. The fourth-order valence-electron chi connectivity index (χ4n) is 17.6. The predicted octanol–water partition coefficient (Wildman–Crippen LogP) is -1.58. The molecule has 22 N–H and O–H groups in total. The molecule has 2 aromatic carbocycles. The fourth-order valence-corrected chi connectivity index (χ4v) is 22.4. The molecule has 7 aliphatic rings. The normalized spacial score (nSPS) is 26.9. The molecule has 23 atom stereocenters. The van der Waals surface area contributed by atoms with Crippen molar-refractivity contribution in [2.24, 2.45) is 0 Å². The summed E-state index contributed by atoms with van der Waals surface area (Å²) in [5, 5.41) is 26.9. The first kappa shape index (κ1) is 103. The van der Waals surface area contributed by atoms with Gasteiger partial charge in [0.1, 0.15) is 110 Å². The van der Waals surface area contributed by atoms with Crippen molar-refractivity contribution < 1.29 is 141 Å². The molecule has 9 aromatic heterocycles. The first-order valence-corrected chi connectivity index (χ1v) is 51.5. The highest BCUT2D eigenvalue weighted by molar-refractivity contribution is 7.48. The molecule has 2 amide bonds. The van der Waals surface area contributed by atoms with Crippen LogP contribution in [0.1, 0.15) is 110 Å². The van der Waals surface area contributed by atoms with E-state index < -0.39 is 284 Å². The first-order chi connectivity index (χ1) is 68.9. The third-order valence-corrected chi connectivity index (χ3v) is 29.4. The maximum atomic E-state index is 14.6. The number of H-pyrrole nitrogens is 5. The number of carbonyl (C=O) groups excluding carboxylic acids is 2. The van der Waals surface area contributed by atoms with Crippen molar-refractivity contribution in [3.63, 3.8) is 0 Å². The number of rotatable bonds is 39. The fraction of sp³-hybridized carbons (Fsp3) is 0.449. The van der Waals surface area contributed by atoms with E-state index in [4.69, 9.17) is 96.6 Å². The quantitative estimate of drug-likeness (QED) is 0.0117. The number of aryl methyl sites for hydroxylation is 1. The van der Waals surface area contributed by atoms with Crippen LogP contribution in [0, 0.1) is 6.92 Å². The van der Waals surface area contributed by atoms with Crippen LogP contribution in [0.5, 0.6) is 0 Å². The van der Waals surface area contributed by atoms with Gasteiger partial charge in [-0.2, -0.15) is 19.9 Å². The molecule has 6 aliphatic heterocycles. The van der Waals surface area contributed by atoms with Gasteiger partial charge in [-0.1, -0.05) is 48.5 Å². The van der Waals surface area contributed by atoms with Gasteiger partial charge in [0.25, 0.3) is 27.8 Å². The average Bonchev–Trinajstić information content (AvgIpc) is 1.36. The summed E-state index contributed by atoms with van der Waals surface area (Å²) in [4.78, 5) is 227. The number of nitrogen functional groups attached to an aromatic ring is 4. The summed E-state index contributed by atoms with van der Waals surface area (Å²) in [5.74, 6) is -2.51. The number of imidazole rings is 3. The van der Waals surface area contributed by atoms with Crippen LogP contribution < -0.4 is 78.4 Å². The van der Waals surface area contributed by atoms with Crippen LogP contribution >= 0.6 is 39.1 Å². The maximum Gasteiger partial charge on any atom is 0.472 e. The summed E-state index contributed by atoms with van der Waals surface area (Å²) in [6.45, 7) is -4.99. The molecule has 18 rings (SSSR count). The molecule has 145 heavy (non-hydrogen) atoms. The number of phosphoric ester groups is 5. The van der Waals surface area contributed by atoms with Crippen molar-refractivity contribution >= 4 is 114 Å². The summed E-state index contributed by atoms with van der Waals surface area (Å²) < 4.78 is 169. The number of fused-ring (bicyclic) bond motifs is 6. The molecule has 5 unspecified atom stereocenters. The minimum atomic E-state index is -5.72. The molecule has 6 fully saturated rings. The Hall–Kier alpha value is -12.2. The molecule has 6 saturated heterocycles. The van der Waals surface area contributed by atoms with Crippen LogP contribution in [0.4, 0.5) is 23.7 Å². The largest absolute Gasteiger partial charge is 0.472 e. The number of aliphatic hydroxyl groups excluding tert-OH is 2. The monoisotopic (exact) mass is 2130 g/mol. The van der Waals surface area contributed by atoms with Crippen molar-refractivity contribution in [2.45, 2.75) is 168 Å². The highest BCUT2D eigenvalue weighted by atomic mass is 31.2. The summed E-state index contributed by atoms with van der Waals surface area (Å²) in [7, 11) is -27.9. The minimum absolute atomic E-state index is 0.0207. The topological polar surface area (TPSA) is 872 Å². The Morgan fingerprint density at radius 1 is 0.448 bits per heavy atom. The number of phosphoric acid groups is 5. The summed E-state index contributed by atoms with van der Waals surface area (Å²) in [5.41, 5.74) is 18.7. The van der Waals surface area contributed by atoms with Crippen LogP contribution in [0.15, 0.2) is 137 Å². The third-order valence-electron chi connectivity index (χ3n) is 24.4. The number of aromatic amines is 5. The number of amides is 2. The molecule has 15 heterocycles. The van der Waals surface area contributed by atoms with E-state index in [0.29, 0.717) is 0 Å². The Balaban J connectivity index is 0.529. The molecule has 0 saturated carbocycles. The molecule has 0 bridgehead atoms. The van der Waals surface area contributed by atoms with Gasteiger partial charge < -0.3 is 96.7 Å². The number of aromatic nitrogens is 18. The number of hydrogen-bond donors (Lipinski definition) is 18. The van der Waals surface area contributed by atoms with E-state index in [1.54, 1.807) is 0 Å². The van der Waals surface area contributed by atoms with Crippen LogP contribution in [0.25, 0.3) is 50.7 Å². The Labute approximate surface area is 808 Å². The van der Waals surface area contributed by atoms with Crippen molar-refractivity contribution in [1.29, 1.82) is 0 Å². The standard InChI is InChI=1S/C78H91N24O38P5/c1-34-23-98(77(113)95-68(34)107)58-20-44(138-141(115,116)125-26-48-41(104)17-56(131-48)100-31-85-62-65(100)89-73(80)92-70(62)109)50(133-58)28-128-145(123,124)140-46-22-61(102-33-87-64-67(102)91-75(82)94-72(64)111)135-52(46)30-129-143(119,120)137-43-19-57(97-15-12-53(79)88-76(97)112)132-49(43)27-127-144(121,122)139-45-21-60(101-32-86-63-66(101)90-74(81)93-71(63)110)134-51(45)29-126-142(117,118)136-42-18-59(130-47(42)25-103)99-24-35(69(108)96-78(99)114)10-11-54(105)83-13-14-84-55(106)16-40-38-8-4-2-6-36(38)37-7-3-5-9-39(37)40/h2-12,15,23-24,31-33,40-52,56-61,103-104H,13-14,16-22,25-30H2,1H3,(H,83,105)(H,84,106)(H,115,116)(H,117,118)(H,119,120)(H,121,122)(H,123,124)(H2,79,88,112)(H,95,107,113)(H,96,108,114)(H3,80,89,92,109)(H3,81,90,93,110)(H3,82,91,94,111)/b11-10+/t41-,42-,43-,44-,45-,46-,47+,48+,49+,50+,51+,52+,56+,57+,58+,59+,60+,61+/m0/s1. The van der Waals surface area contributed by atoms with Gasteiger partial charge in [0.05, 0.1) is 70.3 Å². The second kappa shape index (κ2) is 41.6. The van der Waals surface area contributed by atoms with E-state index in [2.05, 4.69) is 70.4 Å². The van der Waals surface area contributed by atoms with E-state index in [1.807, 2.05) is 48.5 Å². The van der Waals surface area contributed by atoms with E-state index in [0.717, 1.165) is 94.6 Å². The number of nitrogens with zero attached hydrogens (tertiary/aromatic N) is 13. The molecule has 0 radical (unpaired) electrons. The number of hydrogen-bond acceptors (Lipinski definition) is 44. The number of aliphatic hydroxyl groups is 2. The SMILES string of the molecule is Cc1cn([C@H]2C[C@H](OP(=O)(O)OC[C@H]3O[C@@H](n4cnc5c(=O)[nH]c(N)nc54)C[C@@H]3O)[C@@H](COP(=O)(O)O[C@H]3C[C@H](n4cnc5c(=O)[nH]c(N)nc54)O[C@@H]3COP(=O)(O)O[C@H]3C[C@H](n4ccc(N)nc4=O)O[C@@H]3COP(=O)(O)O[C@H]3C[C@H](n4cnc5c(=O)[nH]c(N)nc54)O[C@@H]3COP(=O)(O)O[C@H]3C[C@H](n4cc(/C=C/C(=O)NCCNC(=O)CC5c6ccccc6-c6ccccc65)c(=O)[nH]c4=O)O[C@@H]3CO)O2)c(=O)[nH]c1=O. The zero-order valence-corrected chi connectivity index (χ0v) is 79.5. The Morgan fingerprint density at radius 2 is 0.807 bits per heavy atom. The lowest BCUT2D eigenvalue weighted by Crippen LogP contribution is -2.35. The number of nitrogens with one attached hydrogen (secondary N) is 7. The number of nitrogens with two attached hydrogens (primary N) is 4. The van der Waals surface area contributed by atoms with Gasteiger partial charge in [-0.15, -0.1) is 0 Å². The highest BCUT2D eigenvalue weighted by Gasteiger charge is 2.52. The minimum Gasteiger partial charge on any atom is -0.394 e. The van der Waals surface area contributed by atoms with Crippen molar-refractivity contribution in [3.8, 4) is 11.1 Å². The van der Waals surface area contributed by atoms with Crippen molar-refractivity contribution in [2.75, 3.05) is 75.7 Å². The average molecular weight is 2130 g/mol. The zero-order valence-electron chi connectivity index (χ0n) is 75.0. The molecule has 1 aliphatic carbocycles. The van der Waals surface area contributed by atoms with Gasteiger partial charge in [0.2, 0.25) is 29.7 Å². The lowest BCUT2D eigenvalue weighted by Gasteiger charge is -2.26. The molecular weight excluding hydrogens is 2040 g/mol. The van der Waals surface area contributed by atoms with Crippen molar-refractivity contribution in [1.82, 2.24) is 97.8 Å². The predicted molar refractivity (Wildman–Crippen MR) is 489 cm³/mol. The molecule has 67 heteroatoms. The number of benzene rings is 2. The van der Waals surface area contributed by atoms with Crippen molar-refractivity contribution in [3.05, 3.63) is 204 Å². The first-order valence-electron chi connectivity index (χ1n) is 44.0. The number of ether oxygens (including phenoxy) is 6. The molecule has 62 nitrogen and oxygen atoms in total. The second-order valence-corrected chi connectivity index (χ2v) is 41.0. The number of anilines is 4. The number of carbonyl (C=O) groups is 2. The van der Waals surface area contributed by atoms with Gasteiger partial charge in [-0.05, 0) is 41.3 Å². The van der Waals surface area contributed by atoms with E-state index >= 15 is 0 Å². The Morgan fingerprint density at radius 3 is 1.23 bits per heavy atom. The van der Waals surface area contributed by atoms with Gasteiger partial charge in [-0.3, -0.25) is 131 Å². The smallest absolute Gasteiger partial charge is 0.394 e. The van der Waals surface area contributed by atoms with Crippen LogP contribution in [0.2, 0.25) is 0 Å². The van der Waals surface area contributed by atoms with E-state index in [1.165, 1.54) is 17.8 Å². The summed E-state index contributed by atoms with van der Waals surface area (Å²) in [6.07, 6.45) is -23.1. The van der Waals surface area contributed by atoms with Crippen LogP contribution in [-0.2, 0) is 106 Å². The van der Waals surface area contributed by atoms with Gasteiger partial charge in [-0.25, -0.2) is 52.2 Å². The van der Waals surface area contributed by atoms with E-state index in [-0.39, 0.29) is 94.1 Å². The van der Waals surface area contributed by atoms with Gasteiger partial charge in [0.15, 0.2) is 33.5 Å². The Kier molecular flexibility index (Phi) is 29.5. The zero-order chi connectivity index (χ0) is 103. The molecule has 11 aromatic rings. The summed E-state index contributed by atoms with van der Waals surface area (Å²) in [6, 6.07) is 16.8. The van der Waals surface area contributed by atoms with Crippen LogP contribution in [0.3, 0.4) is 0 Å². The van der Waals surface area contributed by atoms with E-state index in [9.17, 15) is 105 Å². The van der Waals surface area contributed by atoms with Gasteiger partial charge >= 0.3 is 56.2 Å². The second-order valence-electron chi connectivity index (χ2n) is 34.0. The Bertz CT molecular complexity index is 7590. The molecular formula is C78H91N24O38P5. The molecule has 776 valence electrons. The molecule has 0 spiro atoms. The van der Waals surface area contributed by atoms with Crippen LogP contribution in [-0.4, -0.2) is 260 Å². The lowest BCUT2D eigenvalue weighted by molar-refractivity contribution is -0.121.